The Morgan fingerprint density at radius 2 is 1.65 bits per heavy atom. The van der Waals surface area contributed by atoms with Gasteiger partial charge in [-0.05, 0) is 53.5 Å². The van der Waals surface area contributed by atoms with Crippen LogP contribution in [-0.4, -0.2) is 30.8 Å². The first kappa shape index (κ1) is 14.3. The molecule has 0 aromatic carbocycles. The average molecular weight is 243 g/mol. The largest absolute Gasteiger partial charge is 0.444 e. The molecule has 0 atom stereocenters. The molecule has 0 saturated heterocycles. The molecule has 0 aromatic rings. The molecule has 1 saturated carbocycles. The average Bonchev–Trinajstić information content (AvgIpc) is 2.18. The third-order valence-corrected chi connectivity index (χ3v) is 2.80. The van der Waals surface area contributed by atoms with Gasteiger partial charge in [0.25, 0.3) is 0 Å². The zero-order valence-corrected chi connectivity index (χ0v) is 11.3. The van der Waals surface area contributed by atoms with Crippen molar-refractivity contribution in [2.75, 3.05) is 7.05 Å². The first-order valence-corrected chi connectivity index (χ1v) is 6.32. The molecule has 0 aliphatic heterocycles. The van der Waals surface area contributed by atoms with Crippen molar-refractivity contribution in [3.63, 3.8) is 0 Å². The molecule has 5 heteroatoms. The van der Waals surface area contributed by atoms with Crippen molar-refractivity contribution in [1.29, 1.82) is 0 Å². The van der Waals surface area contributed by atoms with Crippen LogP contribution in [-0.2, 0) is 4.74 Å². The van der Waals surface area contributed by atoms with Crippen molar-refractivity contribution in [3.8, 4) is 0 Å². The number of hydrazine groups is 1. The Kier molecular flexibility index (Phi) is 5.21. The van der Waals surface area contributed by atoms with E-state index >= 15 is 0 Å². The van der Waals surface area contributed by atoms with Crippen LogP contribution in [0.1, 0.15) is 46.5 Å². The highest BCUT2D eigenvalue weighted by molar-refractivity contribution is 5.68. The summed E-state index contributed by atoms with van der Waals surface area (Å²) in [6.07, 6.45) is 3.84. The van der Waals surface area contributed by atoms with Crippen LogP contribution in [0.5, 0.6) is 0 Å². The lowest BCUT2D eigenvalue weighted by atomic mass is 9.92. The molecule has 1 rings (SSSR count). The number of hydrogen-bond acceptors (Lipinski definition) is 4. The van der Waals surface area contributed by atoms with Gasteiger partial charge in [-0.2, -0.15) is 0 Å². The van der Waals surface area contributed by atoms with E-state index in [1.54, 1.807) is 0 Å². The Balaban J connectivity index is 2.24. The molecule has 1 aliphatic carbocycles. The molecule has 0 radical (unpaired) electrons. The summed E-state index contributed by atoms with van der Waals surface area (Å²) < 4.78 is 5.24. The van der Waals surface area contributed by atoms with Crippen LogP contribution in [0.2, 0.25) is 0 Å². The summed E-state index contributed by atoms with van der Waals surface area (Å²) in [4.78, 5) is 11.6. The van der Waals surface area contributed by atoms with Crippen LogP contribution < -0.4 is 16.2 Å². The first-order valence-electron chi connectivity index (χ1n) is 6.32. The summed E-state index contributed by atoms with van der Waals surface area (Å²) >= 11 is 0. The van der Waals surface area contributed by atoms with Crippen molar-refractivity contribution < 1.29 is 9.53 Å². The minimum Gasteiger partial charge on any atom is -0.444 e. The van der Waals surface area contributed by atoms with E-state index in [1.807, 2.05) is 27.8 Å². The predicted octanol–water partition coefficient (Wildman–Crippen LogP) is 1.55. The molecule has 1 aliphatic rings. The second-order valence-electron chi connectivity index (χ2n) is 5.59. The van der Waals surface area contributed by atoms with Gasteiger partial charge < -0.3 is 10.1 Å². The summed E-state index contributed by atoms with van der Waals surface area (Å²) in [5.74, 6) is 0. The maximum atomic E-state index is 11.6. The second-order valence-corrected chi connectivity index (χ2v) is 5.59. The van der Waals surface area contributed by atoms with E-state index in [2.05, 4.69) is 16.2 Å². The van der Waals surface area contributed by atoms with Gasteiger partial charge in [-0.1, -0.05) is 0 Å². The van der Waals surface area contributed by atoms with Gasteiger partial charge in [0.15, 0.2) is 0 Å². The fourth-order valence-electron chi connectivity index (χ4n) is 2.06. The summed E-state index contributed by atoms with van der Waals surface area (Å²) in [6.45, 7) is 5.63. The van der Waals surface area contributed by atoms with Gasteiger partial charge in [-0.25, -0.2) is 4.79 Å². The van der Waals surface area contributed by atoms with Crippen LogP contribution >= 0.6 is 0 Å². The maximum absolute atomic E-state index is 11.6. The predicted molar refractivity (Wildman–Crippen MR) is 67.6 cm³/mol. The number of alkyl carbamates (subject to hydrolysis) is 1. The zero-order valence-electron chi connectivity index (χ0n) is 11.3. The molecule has 1 amide bonds. The van der Waals surface area contributed by atoms with Crippen molar-refractivity contribution in [3.05, 3.63) is 0 Å². The number of carbonyl (C=O) groups is 1. The van der Waals surface area contributed by atoms with Gasteiger partial charge in [-0.3, -0.25) is 10.9 Å². The van der Waals surface area contributed by atoms with E-state index in [0.717, 1.165) is 25.7 Å². The zero-order chi connectivity index (χ0) is 12.9. The van der Waals surface area contributed by atoms with Gasteiger partial charge in [0.05, 0.1) is 0 Å². The summed E-state index contributed by atoms with van der Waals surface area (Å²) in [5, 5.41) is 2.93. The quantitative estimate of drug-likeness (QED) is 0.658. The van der Waals surface area contributed by atoms with E-state index in [1.165, 1.54) is 0 Å². The molecule has 3 N–H and O–H groups in total. The second kappa shape index (κ2) is 6.21. The van der Waals surface area contributed by atoms with Crippen LogP contribution in [0.4, 0.5) is 4.79 Å². The van der Waals surface area contributed by atoms with E-state index in [-0.39, 0.29) is 12.1 Å². The molecule has 100 valence electrons. The van der Waals surface area contributed by atoms with Gasteiger partial charge in [0.1, 0.15) is 5.60 Å². The number of hydrogen-bond donors (Lipinski definition) is 3. The Hall–Kier alpha value is -0.810. The van der Waals surface area contributed by atoms with Gasteiger partial charge in [0.2, 0.25) is 0 Å². The van der Waals surface area contributed by atoms with Gasteiger partial charge in [0, 0.05) is 12.1 Å². The lowest BCUT2D eigenvalue weighted by molar-refractivity contribution is 0.0489. The minimum absolute atomic E-state index is 0.250. The standard InChI is InChI=1S/C12H25N3O2/c1-12(2,3)17-11(16)14-9-5-7-10(8-6-9)15-13-4/h9-10,13,15H,5-8H2,1-4H3,(H,14,16). The number of nitrogens with one attached hydrogen (secondary N) is 3. The van der Waals surface area contributed by atoms with Crippen LogP contribution in [0.25, 0.3) is 0 Å². The van der Waals surface area contributed by atoms with Crippen molar-refractivity contribution in [1.82, 2.24) is 16.2 Å². The Bertz CT molecular complexity index is 243. The molecule has 0 spiro atoms. The third kappa shape index (κ3) is 5.89. The molecule has 0 bridgehead atoms. The highest BCUT2D eigenvalue weighted by atomic mass is 16.6. The van der Waals surface area contributed by atoms with Crippen molar-refractivity contribution in [2.45, 2.75) is 64.1 Å². The minimum atomic E-state index is -0.422. The fourth-order valence-corrected chi connectivity index (χ4v) is 2.06. The Morgan fingerprint density at radius 3 is 2.12 bits per heavy atom. The highest BCUT2D eigenvalue weighted by Gasteiger charge is 2.24. The number of carbonyl (C=O) groups excluding carboxylic acids is 1. The normalized spacial score (nSPS) is 25.4. The lowest BCUT2D eigenvalue weighted by Crippen LogP contribution is -2.46. The van der Waals surface area contributed by atoms with Crippen LogP contribution in [0.15, 0.2) is 0 Å². The Labute approximate surface area is 104 Å². The lowest BCUT2D eigenvalue weighted by Gasteiger charge is -2.30. The summed E-state index contributed by atoms with van der Waals surface area (Å²) in [7, 11) is 1.88. The molecule has 0 heterocycles. The topological polar surface area (TPSA) is 62.4 Å². The van der Waals surface area contributed by atoms with Crippen molar-refractivity contribution in [2.24, 2.45) is 0 Å². The van der Waals surface area contributed by atoms with Gasteiger partial charge >= 0.3 is 6.09 Å². The van der Waals surface area contributed by atoms with E-state index in [9.17, 15) is 4.79 Å². The SMILES string of the molecule is CNNC1CCC(NC(=O)OC(C)(C)C)CC1. The highest BCUT2D eigenvalue weighted by Crippen LogP contribution is 2.18. The molecular formula is C12H25N3O2. The maximum Gasteiger partial charge on any atom is 0.407 e. The number of rotatable bonds is 3. The number of ether oxygens (including phenoxy) is 1. The van der Waals surface area contributed by atoms with E-state index < -0.39 is 5.60 Å². The monoisotopic (exact) mass is 243 g/mol. The Morgan fingerprint density at radius 1 is 1.12 bits per heavy atom. The first-order chi connectivity index (χ1) is 7.90. The van der Waals surface area contributed by atoms with Crippen LogP contribution in [0.3, 0.4) is 0 Å². The summed E-state index contributed by atoms with van der Waals surface area (Å²) in [5.41, 5.74) is 5.74. The molecule has 5 nitrogen and oxygen atoms in total. The molecular weight excluding hydrogens is 218 g/mol. The smallest absolute Gasteiger partial charge is 0.407 e. The molecule has 0 aromatic heterocycles. The fraction of sp³-hybridized carbons (Fsp3) is 0.917. The molecule has 1 fully saturated rings. The third-order valence-electron chi connectivity index (χ3n) is 2.80. The van der Waals surface area contributed by atoms with Crippen molar-refractivity contribution >= 4 is 6.09 Å². The van der Waals surface area contributed by atoms with E-state index in [4.69, 9.17) is 4.74 Å². The molecule has 0 unspecified atom stereocenters. The van der Waals surface area contributed by atoms with E-state index in [0.29, 0.717) is 6.04 Å². The van der Waals surface area contributed by atoms with Gasteiger partial charge in [-0.15, -0.1) is 0 Å². The molecule has 17 heavy (non-hydrogen) atoms. The summed E-state index contributed by atoms with van der Waals surface area (Å²) in [6, 6.07) is 0.761. The van der Waals surface area contributed by atoms with Crippen LogP contribution in [0, 0.1) is 0 Å². The number of amides is 1.